The van der Waals surface area contributed by atoms with Crippen molar-refractivity contribution in [3.8, 4) is 0 Å². The first kappa shape index (κ1) is 11.3. The summed E-state index contributed by atoms with van der Waals surface area (Å²) in [5.41, 5.74) is 1.73. The summed E-state index contributed by atoms with van der Waals surface area (Å²) in [6.07, 6.45) is 3.02. The van der Waals surface area contributed by atoms with Gasteiger partial charge in [-0.05, 0) is 32.7 Å². The molecule has 88 valence electrons. The first-order valence-corrected chi connectivity index (χ1v) is 6.02. The molecule has 4 heteroatoms. The molecule has 0 saturated carbocycles. The number of aromatic nitrogens is 2. The number of nitrogens with zero attached hydrogens (tertiary/aromatic N) is 1. The van der Waals surface area contributed by atoms with E-state index >= 15 is 0 Å². The molecule has 1 fully saturated rings. The number of hydrogen-bond acceptors (Lipinski definition) is 3. The SMILES string of the molecule is CCc1c(C)nc(C2CCCNC2)[nH]c1=O. The Kier molecular flexibility index (Phi) is 3.39. The summed E-state index contributed by atoms with van der Waals surface area (Å²) in [6, 6.07) is 0. The molecule has 1 aliphatic heterocycles. The standard InChI is InChI=1S/C12H19N3O/c1-3-10-8(2)14-11(15-12(10)16)9-5-4-6-13-7-9/h9,13H,3-7H2,1-2H3,(H,14,15,16). The van der Waals surface area contributed by atoms with Gasteiger partial charge in [-0.2, -0.15) is 0 Å². The topological polar surface area (TPSA) is 57.8 Å². The summed E-state index contributed by atoms with van der Waals surface area (Å²) < 4.78 is 0. The molecule has 4 nitrogen and oxygen atoms in total. The third-order valence-electron chi connectivity index (χ3n) is 3.28. The number of aryl methyl sites for hydroxylation is 1. The second kappa shape index (κ2) is 4.78. The molecule has 1 atom stereocenters. The van der Waals surface area contributed by atoms with Crippen LogP contribution in [0.1, 0.15) is 42.8 Å². The highest BCUT2D eigenvalue weighted by atomic mass is 16.1. The molecular weight excluding hydrogens is 202 g/mol. The summed E-state index contributed by atoms with van der Waals surface area (Å²) in [7, 11) is 0. The van der Waals surface area contributed by atoms with Crippen LogP contribution in [0, 0.1) is 6.92 Å². The van der Waals surface area contributed by atoms with Gasteiger partial charge in [-0.25, -0.2) is 4.98 Å². The predicted molar refractivity (Wildman–Crippen MR) is 63.8 cm³/mol. The number of aromatic amines is 1. The molecular formula is C12H19N3O. The third kappa shape index (κ3) is 2.16. The number of H-pyrrole nitrogens is 1. The smallest absolute Gasteiger partial charge is 0.254 e. The van der Waals surface area contributed by atoms with E-state index in [-0.39, 0.29) is 5.56 Å². The Hall–Kier alpha value is -1.16. The molecule has 1 aliphatic rings. The van der Waals surface area contributed by atoms with Gasteiger partial charge < -0.3 is 10.3 Å². The summed E-state index contributed by atoms with van der Waals surface area (Å²) in [5.74, 6) is 1.22. The van der Waals surface area contributed by atoms with E-state index in [1.807, 2.05) is 13.8 Å². The van der Waals surface area contributed by atoms with Gasteiger partial charge in [-0.1, -0.05) is 6.92 Å². The van der Waals surface area contributed by atoms with Crippen molar-refractivity contribution in [3.63, 3.8) is 0 Å². The Labute approximate surface area is 95.5 Å². The van der Waals surface area contributed by atoms with Crippen LogP contribution in [0.25, 0.3) is 0 Å². The number of rotatable bonds is 2. The molecule has 1 saturated heterocycles. The van der Waals surface area contributed by atoms with Crippen LogP contribution in [0.2, 0.25) is 0 Å². The molecule has 2 heterocycles. The van der Waals surface area contributed by atoms with E-state index in [0.29, 0.717) is 5.92 Å². The fourth-order valence-electron chi connectivity index (χ4n) is 2.33. The molecule has 1 unspecified atom stereocenters. The fourth-order valence-corrected chi connectivity index (χ4v) is 2.33. The van der Waals surface area contributed by atoms with Crippen molar-refractivity contribution in [1.82, 2.24) is 15.3 Å². The molecule has 2 rings (SSSR count). The Bertz CT molecular complexity index is 419. The lowest BCUT2D eigenvalue weighted by Gasteiger charge is -2.22. The summed E-state index contributed by atoms with van der Waals surface area (Å²) >= 11 is 0. The maximum Gasteiger partial charge on any atom is 0.254 e. The summed E-state index contributed by atoms with van der Waals surface area (Å²) in [4.78, 5) is 19.3. The molecule has 1 aromatic rings. The normalized spacial score (nSPS) is 21.0. The van der Waals surface area contributed by atoms with Crippen LogP contribution in [-0.2, 0) is 6.42 Å². The quantitative estimate of drug-likeness (QED) is 0.786. The van der Waals surface area contributed by atoms with Crippen LogP contribution in [0.15, 0.2) is 4.79 Å². The minimum atomic E-state index is 0.0376. The van der Waals surface area contributed by atoms with E-state index in [9.17, 15) is 4.79 Å². The van der Waals surface area contributed by atoms with Crippen molar-refractivity contribution in [1.29, 1.82) is 0 Å². The Balaban J connectivity index is 2.31. The zero-order valence-electron chi connectivity index (χ0n) is 9.97. The van der Waals surface area contributed by atoms with Crippen LogP contribution < -0.4 is 10.9 Å². The van der Waals surface area contributed by atoms with Gasteiger partial charge in [0.05, 0.1) is 0 Å². The van der Waals surface area contributed by atoms with Gasteiger partial charge in [0.1, 0.15) is 5.82 Å². The zero-order valence-corrected chi connectivity index (χ0v) is 9.97. The average molecular weight is 221 g/mol. The first-order valence-electron chi connectivity index (χ1n) is 6.02. The molecule has 16 heavy (non-hydrogen) atoms. The third-order valence-corrected chi connectivity index (χ3v) is 3.28. The van der Waals surface area contributed by atoms with E-state index < -0.39 is 0 Å². The van der Waals surface area contributed by atoms with E-state index in [1.165, 1.54) is 0 Å². The van der Waals surface area contributed by atoms with Gasteiger partial charge >= 0.3 is 0 Å². The van der Waals surface area contributed by atoms with Gasteiger partial charge in [0.2, 0.25) is 0 Å². The van der Waals surface area contributed by atoms with Crippen LogP contribution in [0.5, 0.6) is 0 Å². The van der Waals surface area contributed by atoms with Crippen LogP contribution >= 0.6 is 0 Å². The maximum atomic E-state index is 11.8. The van der Waals surface area contributed by atoms with Gasteiger partial charge in [0.15, 0.2) is 0 Å². The molecule has 0 bridgehead atoms. The summed E-state index contributed by atoms with van der Waals surface area (Å²) in [5, 5.41) is 3.34. The van der Waals surface area contributed by atoms with Gasteiger partial charge in [-0.15, -0.1) is 0 Å². The zero-order chi connectivity index (χ0) is 11.5. The second-order valence-electron chi connectivity index (χ2n) is 4.41. The van der Waals surface area contributed by atoms with Crippen molar-refractivity contribution in [2.75, 3.05) is 13.1 Å². The molecule has 1 aromatic heterocycles. The highest BCUT2D eigenvalue weighted by molar-refractivity contribution is 5.17. The van der Waals surface area contributed by atoms with Gasteiger partial charge in [-0.3, -0.25) is 4.79 Å². The minimum Gasteiger partial charge on any atom is -0.316 e. The average Bonchev–Trinajstić information content (AvgIpc) is 2.30. The monoisotopic (exact) mass is 221 g/mol. The van der Waals surface area contributed by atoms with E-state index in [0.717, 1.165) is 49.4 Å². The van der Waals surface area contributed by atoms with Crippen LogP contribution in [-0.4, -0.2) is 23.1 Å². The largest absolute Gasteiger partial charge is 0.316 e. The van der Waals surface area contributed by atoms with E-state index in [2.05, 4.69) is 15.3 Å². The van der Waals surface area contributed by atoms with Crippen LogP contribution in [0.3, 0.4) is 0 Å². The first-order chi connectivity index (χ1) is 7.72. The minimum absolute atomic E-state index is 0.0376. The number of nitrogens with one attached hydrogen (secondary N) is 2. The second-order valence-corrected chi connectivity index (χ2v) is 4.41. The predicted octanol–water partition coefficient (Wildman–Crippen LogP) is 1.11. The highest BCUT2D eigenvalue weighted by Gasteiger charge is 2.18. The van der Waals surface area contributed by atoms with Crippen molar-refractivity contribution in [2.24, 2.45) is 0 Å². The van der Waals surface area contributed by atoms with Crippen molar-refractivity contribution < 1.29 is 0 Å². The van der Waals surface area contributed by atoms with Crippen LogP contribution in [0.4, 0.5) is 0 Å². The van der Waals surface area contributed by atoms with Gasteiger partial charge in [0.25, 0.3) is 5.56 Å². The molecule has 0 aromatic carbocycles. The van der Waals surface area contributed by atoms with Gasteiger partial charge in [0, 0.05) is 23.7 Å². The summed E-state index contributed by atoms with van der Waals surface area (Å²) in [6.45, 7) is 5.91. The maximum absolute atomic E-state index is 11.8. The molecule has 0 spiro atoms. The number of hydrogen-bond donors (Lipinski definition) is 2. The van der Waals surface area contributed by atoms with Crippen molar-refractivity contribution >= 4 is 0 Å². The molecule has 0 aliphatic carbocycles. The van der Waals surface area contributed by atoms with Crippen molar-refractivity contribution in [3.05, 3.63) is 27.4 Å². The lowest BCUT2D eigenvalue weighted by atomic mass is 9.98. The highest BCUT2D eigenvalue weighted by Crippen LogP contribution is 2.19. The molecule has 0 radical (unpaired) electrons. The Morgan fingerprint density at radius 1 is 1.50 bits per heavy atom. The molecule has 2 N–H and O–H groups in total. The molecule has 0 amide bonds. The lowest BCUT2D eigenvalue weighted by Crippen LogP contribution is -2.31. The Morgan fingerprint density at radius 3 is 2.88 bits per heavy atom. The van der Waals surface area contributed by atoms with E-state index in [1.54, 1.807) is 0 Å². The van der Waals surface area contributed by atoms with Crippen molar-refractivity contribution in [2.45, 2.75) is 39.0 Å². The fraction of sp³-hybridized carbons (Fsp3) is 0.667. The number of piperidine rings is 1. The Morgan fingerprint density at radius 2 is 2.31 bits per heavy atom. The van der Waals surface area contributed by atoms with E-state index in [4.69, 9.17) is 0 Å². The lowest BCUT2D eigenvalue weighted by molar-refractivity contribution is 0.444.